The van der Waals surface area contributed by atoms with Crippen LogP contribution in [0.4, 0.5) is 0 Å². The Kier molecular flexibility index (Phi) is 4.22. The lowest BCUT2D eigenvalue weighted by molar-refractivity contribution is -0.138. The van der Waals surface area contributed by atoms with Crippen LogP contribution in [0.2, 0.25) is 5.02 Å². The summed E-state index contributed by atoms with van der Waals surface area (Å²) in [5.74, 6) is -1.47. The van der Waals surface area contributed by atoms with Gasteiger partial charge in [0.2, 0.25) is 0 Å². The number of thiazole rings is 1. The second-order valence-electron chi connectivity index (χ2n) is 4.42. The van der Waals surface area contributed by atoms with Crippen molar-refractivity contribution in [2.75, 3.05) is 0 Å². The molecule has 0 saturated heterocycles. The number of hydrogen-bond acceptors (Lipinski definition) is 3. The summed E-state index contributed by atoms with van der Waals surface area (Å²) in [5, 5.41) is 10.7. The number of carboxylic acids is 1. The lowest BCUT2D eigenvalue weighted by Crippen LogP contribution is -2.14. The number of hydrogen-bond donors (Lipinski definition) is 1. The highest BCUT2D eigenvalue weighted by atomic mass is 35.5. The molecule has 0 amide bonds. The van der Waals surface area contributed by atoms with Gasteiger partial charge in [0.1, 0.15) is 10.9 Å². The van der Waals surface area contributed by atoms with Crippen LogP contribution < -0.4 is 0 Å². The maximum absolute atomic E-state index is 11.4. The molecule has 0 aliphatic heterocycles. The molecule has 1 aromatic carbocycles. The lowest BCUT2D eigenvalue weighted by Gasteiger charge is -2.09. The van der Waals surface area contributed by atoms with Crippen LogP contribution in [-0.4, -0.2) is 16.1 Å². The van der Waals surface area contributed by atoms with Crippen LogP contribution >= 0.6 is 22.9 Å². The van der Waals surface area contributed by atoms with Crippen LogP contribution in [0.15, 0.2) is 24.3 Å². The van der Waals surface area contributed by atoms with Crippen LogP contribution in [0, 0.1) is 13.8 Å². The second-order valence-corrected chi connectivity index (χ2v) is 6.09. The van der Waals surface area contributed by atoms with E-state index in [0.29, 0.717) is 16.5 Å². The molecule has 0 bridgehead atoms. The van der Waals surface area contributed by atoms with Crippen molar-refractivity contribution in [1.29, 1.82) is 0 Å². The molecule has 1 heterocycles. The summed E-state index contributed by atoms with van der Waals surface area (Å²) >= 11 is 7.37. The first-order valence-electron chi connectivity index (χ1n) is 5.88. The Bertz CT molecular complexity index is 590. The van der Waals surface area contributed by atoms with Gasteiger partial charge in [-0.15, -0.1) is 11.3 Å². The average molecular weight is 296 g/mol. The molecule has 0 fully saturated rings. The average Bonchev–Trinajstić information content (AvgIpc) is 2.66. The van der Waals surface area contributed by atoms with Crippen LogP contribution in [0.25, 0.3) is 0 Å². The van der Waals surface area contributed by atoms with Crippen molar-refractivity contribution in [3.05, 3.63) is 50.4 Å². The normalized spacial score (nSPS) is 12.4. The monoisotopic (exact) mass is 295 g/mol. The number of halogens is 1. The third kappa shape index (κ3) is 3.33. The van der Waals surface area contributed by atoms with Gasteiger partial charge in [-0.3, -0.25) is 4.79 Å². The number of carboxylic acid groups (broad SMARTS) is 1. The van der Waals surface area contributed by atoms with Gasteiger partial charge in [0.05, 0.1) is 5.69 Å². The summed E-state index contributed by atoms with van der Waals surface area (Å²) in [5.41, 5.74) is 1.81. The third-order valence-corrected chi connectivity index (χ3v) is 4.39. The van der Waals surface area contributed by atoms with E-state index in [-0.39, 0.29) is 0 Å². The molecule has 19 heavy (non-hydrogen) atoms. The van der Waals surface area contributed by atoms with Crippen molar-refractivity contribution in [3.8, 4) is 0 Å². The molecule has 1 aromatic heterocycles. The zero-order valence-electron chi connectivity index (χ0n) is 10.7. The van der Waals surface area contributed by atoms with Gasteiger partial charge in [-0.05, 0) is 38.0 Å². The smallest absolute Gasteiger partial charge is 0.313 e. The van der Waals surface area contributed by atoms with Gasteiger partial charge < -0.3 is 5.11 Å². The number of benzene rings is 1. The van der Waals surface area contributed by atoms with Crippen molar-refractivity contribution >= 4 is 28.9 Å². The minimum atomic E-state index is -0.853. The molecule has 1 atom stereocenters. The number of aryl methyl sites for hydroxylation is 2. The van der Waals surface area contributed by atoms with E-state index in [1.807, 2.05) is 26.0 Å². The largest absolute Gasteiger partial charge is 0.481 e. The number of rotatable bonds is 4. The topological polar surface area (TPSA) is 50.2 Å². The minimum Gasteiger partial charge on any atom is -0.481 e. The zero-order valence-corrected chi connectivity index (χ0v) is 12.3. The molecule has 3 nitrogen and oxygen atoms in total. The summed E-state index contributed by atoms with van der Waals surface area (Å²) in [6.45, 7) is 3.85. The molecule has 1 N–H and O–H groups in total. The van der Waals surface area contributed by atoms with E-state index >= 15 is 0 Å². The van der Waals surface area contributed by atoms with Crippen LogP contribution in [0.3, 0.4) is 0 Å². The van der Waals surface area contributed by atoms with Gasteiger partial charge in [-0.1, -0.05) is 23.7 Å². The van der Waals surface area contributed by atoms with E-state index in [9.17, 15) is 9.90 Å². The summed E-state index contributed by atoms with van der Waals surface area (Å²) < 4.78 is 0. The van der Waals surface area contributed by atoms with Crippen molar-refractivity contribution in [2.24, 2.45) is 0 Å². The number of nitrogens with zero attached hydrogens (tertiary/aromatic N) is 1. The maximum Gasteiger partial charge on any atom is 0.313 e. The highest BCUT2D eigenvalue weighted by molar-refractivity contribution is 7.11. The molecule has 2 aromatic rings. The molecule has 0 aliphatic carbocycles. The Labute approximate surface area is 120 Å². The van der Waals surface area contributed by atoms with Crippen molar-refractivity contribution < 1.29 is 9.90 Å². The fourth-order valence-corrected chi connectivity index (χ4v) is 3.06. The quantitative estimate of drug-likeness (QED) is 0.933. The van der Waals surface area contributed by atoms with E-state index in [1.54, 1.807) is 12.1 Å². The maximum atomic E-state index is 11.4. The minimum absolute atomic E-state index is 0.405. The van der Waals surface area contributed by atoms with E-state index in [1.165, 1.54) is 11.3 Å². The third-order valence-electron chi connectivity index (χ3n) is 2.97. The summed E-state index contributed by atoms with van der Waals surface area (Å²) in [6, 6.07) is 7.29. The van der Waals surface area contributed by atoms with E-state index in [4.69, 9.17) is 11.6 Å². The van der Waals surface area contributed by atoms with E-state index < -0.39 is 11.9 Å². The van der Waals surface area contributed by atoms with Crippen LogP contribution in [0.1, 0.15) is 27.1 Å². The number of aliphatic carboxylic acids is 1. The molecule has 2 rings (SSSR count). The van der Waals surface area contributed by atoms with Crippen LogP contribution in [-0.2, 0) is 11.2 Å². The predicted octanol–water partition coefficient (Wildman–Crippen LogP) is 3.82. The second kappa shape index (κ2) is 5.72. The Morgan fingerprint density at radius 2 is 2.21 bits per heavy atom. The van der Waals surface area contributed by atoms with Crippen molar-refractivity contribution in [2.45, 2.75) is 26.2 Å². The lowest BCUT2D eigenvalue weighted by atomic mass is 10.00. The molecular formula is C14H14ClNO2S. The summed E-state index contributed by atoms with van der Waals surface area (Å²) in [4.78, 5) is 16.9. The predicted molar refractivity (Wildman–Crippen MR) is 77.1 cm³/mol. The molecule has 1 unspecified atom stereocenters. The van der Waals surface area contributed by atoms with Gasteiger partial charge in [-0.2, -0.15) is 0 Å². The van der Waals surface area contributed by atoms with Gasteiger partial charge in [-0.25, -0.2) is 4.98 Å². The van der Waals surface area contributed by atoms with E-state index in [0.717, 1.165) is 16.1 Å². The Hall–Kier alpha value is -1.39. The van der Waals surface area contributed by atoms with Gasteiger partial charge in [0.25, 0.3) is 0 Å². The molecular weight excluding hydrogens is 282 g/mol. The molecule has 100 valence electrons. The number of aromatic nitrogens is 1. The Morgan fingerprint density at radius 1 is 1.47 bits per heavy atom. The first-order chi connectivity index (χ1) is 8.97. The highest BCUT2D eigenvalue weighted by Crippen LogP contribution is 2.28. The summed E-state index contributed by atoms with van der Waals surface area (Å²) in [6.07, 6.45) is 0.405. The Morgan fingerprint density at radius 3 is 2.74 bits per heavy atom. The molecule has 0 aliphatic rings. The first-order valence-corrected chi connectivity index (χ1v) is 7.08. The summed E-state index contributed by atoms with van der Waals surface area (Å²) in [7, 11) is 0. The highest BCUT2D eigenvalue weighted by Gasteiger charge is 2.24. The zero-order chi connectivity index (χ0) is 14.0. The first kappa shape index (κ1) is 14.0. The van der Waals surface area contributed by atoms with Crippen LogP contribution in [0.5, 0.6) is 0 Å². The van der Waals surface area contributed by atoms with Crippen molar-refractivity contribution in [1.82, 2.24) is 4.98 Å². The molecule has 5 heteroatoms. The van der Waals surface area contributed by atoms with Crippen molar-refractivity contribution in [3.63, 3.8) is 0 Å². The fraction of sp³-hybridized carbons (Fsp3) is 0.286. The SMILES string of the molecule is Cc1nc(C(Cc2cccc(Cl)c2)C(=O)O)sc1C. The van der Waals surface area contributed by atoms with Gasteiger partial charge in [0.15, 0.2) is 0 Å². The van der Waals surface area contributed by atoms with Gasteiger partial charge in [0, 0.05) is 9.90 Å². The fourth-order valence-electron chi connectivity index (χ4n) is 1.83. The molecule has 0 radical (unpaired) electrons. The van der Waals surface area contributed by atoms with E-state index in [2.05, 4.69) is 4.98 Å². The van der Waals surface area contributed by atoms with Gasteiger partial charge >= 0.3 is 5.97 Å². The number of carbonyl (C=O) groups is 1. The molecule has 0 spiro atoms. The molecule has 0 saturated carbocycles. The standard InChI is InChI=1S/C14H14ClNO2S/c1-8-9(2)19-13(16-8)12(14(17)18)7-10-4-3-5-11(15)6-10/h3-6,12H,7H2,1-2H3,(H,17,18). The Balaban J connectivity index is 2.29.